The van der Waals surface area contributed by atoms with E-state index in [0.717, 1.165) is 5.56 Å². The van der Waals surface area contributed by atoms with Gasteiger partial charge in [0.1, 0.15) is 11.5 Å². The first-order valence-electron chi connectivity index (χ1n) is 9.45. The first-order chi connectivity index (χ1) is 15.0. The lowest BCUT2D eigenvalue weighted by molar-refractivity contribution is 0.521. The van der Waals surface area contributed by atoms with Crippen molar-refractivity contribution in [3.05, 3.63) is 87.3 Å². The highest BCUT2D eigenvalue weighted by Crippen LogP contribution is 2.33. The van der Waals surface area contributed by atoms with Gasteiger partial charge in [-0.2, -0.15) is 0 Å². The normalized spacial score (nSPS) is 11.3. The number of aromatic nitrogens is 6. The number of nitrogens with zero attached hydrogens (tertiary/aromatic N) is 5. The number of anilines is 1. The van der Waals surface area contributed by atoms with Gasteiger partial charge in [0.25, 0.3) is 0 Å². The average molecular weight is 415 g/mol. The maximum Gasteiger partial charge on any atom is 0.353 e. The van der Waals surface area contributed by atoms with Crippen molar-refractivity contribution in [2.75, 3.05) is 5.73 Å². The molecule has 4 aromatic heterocycles. The second kappa shape index (κ2) is 7.10. The van der Waals surface area contributed by atoms with Crippen LogP contribution < -0.4 is 17.0 Å². The highest BCUT2D eigenvalue weighted by atomic mass is 16.3. The number of aromatic amines is 1. The van der Waals surface area contributed by atoms with Crippen LogP contribution in [0.3, 0.4) is 0 Å². The number of H-pyrrole nitrogens is 1. The van der Waals surface area contributed by atoms with Gasteiger partial charge in [0.2, 0.25) is 11.5 Å². The van der Waals surface area contributed by atoms with Gasteiger partial charge in [-0.05, 0) is 13.0 Å². The molecule has 0 saturated heterocycles. The van der Waals surface area contributed by atoms with Crippen molar-refractivity contribution in [3.63, 3.8) is 0 Å². The summed E-state index contributed by atoms with van der Waals surface area (Å²) in [4.78, 5) is 36.0. The van der Waals surface area contributed by atoms with Crippen LogP contribution in [-0.4, -0.2) is 29.1 Å². The zero-order valence-corrected chi connectivity index (χ0v) is 16.4. The third kappa shape index (κ3) is 3.10. The smallest absolute Gasteiger partial charge is 0.353 e. The first kappa shape index (κ1) is 18.6. The SMILES string of the molecule is Cc1ocnc1Cn1nc2c(-c3ccc(=O)[nH]c3)c(-c3ccccc3)nc(N)n2c1=O. The summed E-state index contributed by atoms with van der Waals surface area (Å²) < 4.78 is 7.74. The molecular weight excluding hydrogens is 398 g/mol. The third-order valence-corrected chi connectivity index (χ3v) is 5.02. The second-order valence-electron chi connectivity index (χ2n) is 6.96. The fourth-order valence-corrected chi connectivity index (χ4v) is 3.46. The topological polar surface area (TPSA) is 137 Å². The summed E-state index contributed by atoms with van der Waals surface area (Å²) in [5, 5.41) is 4.55. The third-order valence-electron chi connectivity index (χ3n) is 5.02. The molecule has 0 aliphatic heterocycles. The summed E-state index contributed by atoms with van der Waals surface area (Å²) in [6, 6.07) is 12.5. The summed E-state index contributed by atoms with van der Waals surface area (Å²) in [6.07, 6.45) is 2.88. The summed E-state index contributed by atoms with van der Waals surface area (Å²) in [5.74, 6) is 0.607. The van der Waals surface area contributed by atoms with E-state index in [4.69, 9.17) is 10.2 Å². The number of benzene rings is 1. The summed E-state index contributed by atoms with van der Waals surface area (Å²) >= 11 is 0. The average Bonchev–Trinajstić information content (AvgIpc) is 3.33. The number of fused-ring (bicyclic) bond motifs is 1. The summed E-state index contributed by atoms with van der Waals surface area (Å²) in [6.45, 7) is 1.88. The maximum absolute atomic E-state index is 13.1. The van der Waals surface area contributed by atoms with Gasteiger partial charge in [0.15, 0.2) is 12.0 Å². The van der Waals surface area contributed by atoms with Gasteiger partial charge < -0.3 is 15.1 Å². The van der Waals surface area contributed by atoms with E-state index in [1.807, 2.05) is 30.3 Å². The van der Waals surface area contributed by atoms with Crippen LogP contribution in [0.5, 0.6) is 0 Å². The standard InChI is InChI=1S/C21H17N7O3/c1-12-15(24-11-31-12)10-27-21(30)28-19(26-27)17(14-7-8-16(29)23-9-14)18(25-20(28)22)13-5-3-2-4-6-13/h2-9,11H,10H2,1H3,(H2,22,25)(H,23,29). The molecule has 0 aliphatic carbocycles. The Balaban J connectivity index is 1.83. The molecule has 154 valence electrons. The fraction of sp³-hybridized carbons (Fsp3) is 0.0952. The Morgan fingerprint density at radius 3 is 2.58 bits per heavy atom. The fourth-order valence-electron chi connectivity index (χ4n) is 3.46. The number of hydrogen-bond acceptors (Lipinski definition) is 7. The van der Waals surface area contributed by atoms with E-state index in [1.165, 1.54) is 21.5 Å². The second-order valence-corrected chi connectivity index (χ2v) is 6.96. The first-order valence-corrected chi connectivity index (χ1v) is 9.45. The highest BCUT2D eigenvalue weighted by molar-refractivity contribution is 5.90. The Bertz CT molecular complexity index is 1510. The summed E-state index contributed by atoms with van der Waals surface area (Å²) in [5.41, 5.74) is 8.97. The molecule has 0 unspecified atom stereocenters. The molecular formula is C21H17N7O3. The molecule has 0 aliphatic rings. The van der Waals surface area contributed by atoms with Crippen LogP contribution in [0.25, 0.3) is 28.0 Å². The van der Waals surface area contributed by atoms with Crippen molar-refractivity contribution in [2.24, 2.45) is 0 Å². The lowest BCUT2D eigenvalue weighted by atomic mass is 10.0. The van der Waals surface area contributed by atoms with Crippen LogP contribution in [0.4, 0.5) is 5.95 Å². The lowest BCUT2D eigenvalue weighted by Crippen LogP contribution is -2.24. The number of aryl methyl sites for hydroxylation is 1. The molecule has 0 amide bonds. The molecule has 31 heavy (non-hydrogen) atoms. The lowest BCUT2D eigenvalue weighted by Gasteiger charge is -2.11. The number of hydrogen-bond donors (Lipinski definition) is 2. The van der Waals surface area contributed by atoms with Gasteiger partial charge >= 0.3 is 5.69 Å². The Hall–Kier alpha value is -4.47. The Kier molecular flexibility index (Phi) is 4.25. The summed E-state index contributed by atoms with van der Waals surface area (Å²) in [7, 11) is 0. The van der Waals surface area contributed by atoms with Gasteiger partial charge in [-0.3, -0.25) is 4.79 Å². The van der Waals surface area contributed by atoms with Crippen LogP contribution in [0.2, 0.25) is 0 Å². The Labute approximate surface area is 174 Å². The monoisotopic (exact) mass is 415 g/mol. The number of rotatable bonds is 4. The van der Waals surface area contributed by atoms with Crippen LogP contribution in [0.1, 0.15) is 11.5 Å². The van der Waals surface area contributed by atoms with E-state index in [-0.39, 0.29) is 18.1 Å². The molecule has 5 aromatic rings. The van der Waals surface area contributed by atoms with E-state index >= 15 is 0 Å². The number of nitrogen functional groups attached to an aromatic ring is 1. The minimum absolute atomic E-state index is 0.00940. The maximum atomic E-state index is 13.1. The van der Waals surface area contributed by atoms with Gasteiger partial charge in [-0.1, -0.05) is 30.3 Å². The Morgan fingerprint density at radius 1 is 1.10 bits per heavy atom. The van der Waals surface area contributed by atoms with E-state index in [9.17, 15) is 9.59 Å². The quantitative estimate of drug-likeness (QED) is 0.457. The van der Waals surface area contributed by atoms with Crippen molar-refractivity contribution >= 4 is 11.6 Å². The number of nitrogens with one attached hydrogen (secondary N) is 1. The molecule has 0 atom stereocenters. The van der Waals surface area contributed by atoms with Crippen LogP contribution in [0, 0.1) is 6.92 Å². The van der Waals surface area contributed by atoms with Gasteiger partial charge in [0.05, 0.1) is 17.8 Å². The molecule has 3 N–H and O–H groups in total. The molecule has 0 radical (unpaired) electrons. The zero-order chi connectivity index (χ0) is 21.5. The largest absolute Gasteiger partial charge is 0.448 e. The van der Waals surface area contributed by atoms with Crippen LogP contribution in [-0.2, 0) is 6.54 Å². The molecule has 10 heteroatoms. The predicted octanol–water partition coefficient (Wildman–Crippen LogP) is 1.84. The molecule has 0 saturated carbocycles. The van der Waals surface area contributed by atoms with Crippen molar-refractivity contribution in [3.8, 4) is 22.4 Å². The van der Waals surface area contributed by atoms with E-state index in [2.05, 4.69) is 20.1 Å². The van der Waals surface area contributed by atoms with Gasteiger partial charge in [0, 0.05) is 23.4 Å². The molecule has 10 nitrogen and oxygen atoms in total. The minimum Gasteiger partial charge on any atom is -0.448 e. The molecule has 0 fully saturated rings. The van der Waals surface area contributed by atoms with Crippen molar-refractivity contribution in [1.29, 1.82) is 0 Å². The number of oxazole rings is 1. The number of nitrogens with two attached hydrogens (primary N) is 1. The Morgan fingerprint density at radius 2 is 1.90 bits per heavy atom. The molecule has 0 bridgehead atoms. The minimum atomic E-state index is -0.451. The van der Waals surface area contributed by atoms with E-state index < -0.39 is 5.69 Å². The zero-order valence-electron chi connectivity index (χ0n) is 16.4. The highest BCUT2D eigenvalue weighted by Gasteiger charge is 2.22. The number of pyridine rings is 1. The van der Waals surface area contributed by atoms with Gasteiger partial charge in [-0.25, -0.2) is 23.8 Å². The molecule has 5 rings (SSSR count). The molecule has 1 aromatic carbocycles. The van der Waals surface area contributed by atoms with E-state index in [0.29, 0.717) is 33.9 Å². The van der Waals surface area contributed by atoms with Crippen LogP contribution in [0.15, 0.2) is 69.1 Å². The van der Waals surface area contributed by atoms with Crippen molar-refractivity contribution in [1.82, 2.24) is 29.1 Å². The predicted molar refractivity (Wildman–Crippen MR) is 113 cm³/mol. The van der Waals surface area contributed by atoms with Crippen molar-refractivity contribution < 1.29 is 4.42 Å². The van der Waals surface area contributed by atoms with Crippen molar-refractivity contribution in [2.45, 2.75) is 13.5 Å². The molecule has 4 heterocycles. The molecule has 0 spiro atoms. The van der Waals surface area contributed by atoms with E-state index in [1.54, 1.807) is 19.2 Å². The van der Waals surface area contributed by atoms with Crippen LogP contribution >= 0.6 is 0 Å². The van der Waals surface area contributed by atoms with Gasteiger partial charge in [-0.15, -0.1) is 5.10 Å².